The van der Waals surface area contributed by atoms with Gasteiger partial charge in [-0.2, -0.15) is 0 Å². The van der Waals surface area contributed by atoms with Crippen LogP contribution in [0.3, 0.4) is 0 Å². The molecule has 1 saturated heterocycles. The average Bonchev–Trinajstić information content (AvgIpc) is 3.09. The summed E-state index contributed by atoms with van der Waals surface area (Å²) >= 11 is 0. The summed E-state index contributed by atoms with van der Waals surface area (Å²) < 4.78 is 10.7. The SMILES string of the molecule is Oc1cc2c(cc1CN1CCN(CCc3ccccc3)CC1)OCO2. The molecule has 0 aromatic heterocycles. The van der Waals surface area contributed by atoms with Gasteiger partial charge in [-0.15, -0.1) is 0 Å². The van der Waals surface area contributed by atoms with E-state index in [-0.39, 0.29) is 12.5 Å². The fourth-order valence-electron chi connectivity index (χ4n) is 3.44. The van der Waals surface area contributed by atoms with Crippen LogP contribution >= 0.6 is 0 Å². The highest BCUT2D eigenvalue weighted by Gasteiger charge is 2.21. The summed E-state index contributed by atoms with van der Waals surface area (Å²) in [7, 11) is 0. The van der Waals surface area contributed by atoms with Gasteiger partial charge in [-0.05, 0) is 18.1 Å². The molecule has 2 aromatic carbocycles. The second-order valence-corrected chi connectivity index (χ2v) is 6.69. The molecule has 5 heteroatoms. The molecule has 2 heterocycles. The van der Waals surface area contributed by atoms with Gasteiger partial charge in [0, 0.05) is 50.9 Å². The number of hydrogen-bond acceptors (Lipinski definition) is 5. The van der Waals surface area contributed by atoms with Crippen LogP contribution < -0.4 is 9.47 Å². The lowest BCUT2D eigenvalue weighted by Gasteiger charge is -2.34. The summed E-state index contributed by atoms with van der Waals surface area (Å²) in [6.07, 6.45) is 1.10. The van der Waals surface area contributed by atoms with Gasteiger partial charge in [0.05, 0.1) is 0 Å². The Bertz CT molecular complexity index is 712. The smallest absolute Gasteiger partial charge is 0.231 e. The molecule has 0 bridgehead atoms. The van der Waals surface area contributed by atoms with Crippen molar-refractivity contribution in [3.8, 4) is 17.2 Å². The van der Waals surface area contributed by atoms with E-state index in [4.69, 9.17) is 9.47 Å². The second-order valence-electron chi connectivity index (χ2n) is 6.69. The lowest BCUT2D eigenvalue weighted by atomic mass is 10.1. The van der Waals surface area contributed by atoms with Crippen LogP contribution in [0.2, 0.25) is 0 Å². The zero-order chi connectivity index (χ0) is 17.1. The van der Waals surface area contributed by atoms with E-state index < -0.39 is 0 Å². The second kappa shape index (κ2) is 7.33. The zero-order valence-electron chi connectivity index (χ0n) is 14.4. The maximum atomic E-state index is 10.2. The molecular formula is C20H24N2O3. The standard InChI is InChI=1S/C20H24N2O3/c23-18-13-20-19(24-15-25-20)12-17(18)14-22-10-8-21(9-11-22)7-6-16-4-2-1-3-5-16/h1-5,12-13,23H,6-11,14-15H2. The number of rotatable bonds is 5. The van der Waals surface area contributed by atoms with E-state index in [0.717, 1.165) is 57.0 Å². The molecule has 5 nitrogen and oxygen atoms in total. The molecule has 0 aliphatic carbocycles. The number of hydrogen-bond donors (Lipinski definition) is 1. The van der Waals surface area contributed by atoms with Crippen molar-refractivity contribution in [1.82, 2.24) is 9.80 Å². The molecule has 0 amide bonds. The molecule has 0 unspecified atom stereocenters. The number of aromatic hydroxyl groups is 1. The monoisotopic (exact) mass is 340 g/mol. The van der Waals surface area contributed by atoms with Gasteiger partial charge in [-0.1, -0.05) is 30.3 Å². The van der Waals surface area contributed by atoms with Crippen molar-refractivity contribution in [3.63, 3.8) is 0 Å². The maximum Gasteiger partial charge on any atom is 0.231 e. The first kappa shape index (κ1) is 16.2. The van der Waals surface area contributed by atoms with Crippen LogP contribution in [0.1, 0.15) is 11.1 Å². The molecule has 0 atom stereocenters. The van der Waals surface area contributed by atoms with Crippen LogP contribution in [0.5, 0.6) is 17.2 Å². The van der Waals surface area contributed by atoms with Gasteiger partial charge in [-0.3, -0.25) is 4.90 Å². The van der Waals surface area contributed by atoms with Crippen molar-refractivity contribution in [2.24, 2.45) is 0 Å². The van der Waals surface area contributed by atoms with Crippen molar-refractivity contribution >= 4 is 0 Å². The third-order valence-corrected chi connectivity index (χ3v) is 4.99. The number of ether oxygens (including phenoxy) is 2. The molecule has 0 spiro atoms. The molecule has 0 saturated carbocycles. The summed E-state index contributed by atoms with van der Waals surface area (Å²) in [5.41, 5.74) is 2.30. The van der Waals surface area contributed by atoms with Gasteiger partial charge in [0.25, 0.3) is 0 Å². The molecular weight excluding hydrogens is 316 g/mol. The number of phenols is 1. The topological polar surface area (TPSA) is 45.2 Å². The Hall–Kier alpha value is -2.24. The molecule has 4 rings (SSSR count). The van der Waals surface area contributed by atoms with E-state index >= 15 is 0 Å². The Labute approximate surface area is 148 Å². The number of fused-ring (bicyclic) bond motifs is 1. The molecule has 1 N–H and O–H groups in total. The van der Waals surface area contributed by atoms with Gasteiger partial charge in [0.15, 0.2) is 11.5 Å². The number of piperazine rings is 1. The quantitative estimate of drug-likeness (QED) is 0.906. The number of phenolic OH excluding ortho intramolecular Hbond substituents is 1. The van der Waals surface area contributed by atoms with Crippen LogP contribution in [-0.2, 0) is 13.0 Å². The molecule has 25 heavy (non-hydrogen) atoms. The first-order valence-corrected chi connectivity index (χ1v) is 8.88. The normalized spacial score (nSPS) is 17.8. The van der Waals surface area contributed by atoms with E-state index in [1.807, 2.05) is 6.07 Å². The van der Waals surface area contributed by atoms with Gasteiger partial charge >= 0.3 is 0 Å². The van der Waals surface area contributed by atoms with E-state index in [0.29, 0.717) is 5.75 Å². The van der Waals surface area contributed by atoms with Crippen molar-refractivity contribution in [2.75, 3.05) is 39.5 Å². The maximum absolute atomic E-state index is 10.2. The molecule has 132 valence electrons. The minimum absolute atomic E-state index is 0.234. The van der Waals surface area contributed by atoms with E-state index in [1.54, 1.807) is 6.07 Å². The van der Waals surface area contributed by atoms with Crippen LogP contribution in [0.15, 0.2) is 42.5 Å². The molecule has 1 fully saturated rings. The Kier molecular flexibility index (Phi) is 4.76. The third-order valence-electron chi connectivity index (χ3n) is 4.99. The van der Waals surface area contributed by atoms with E-state index in [1.165, 1.54) is 5.56 Å². The molecule has 0 radical (unpaired) electrons. The highest BCUT2D eigenvalue weighted by atomic mass is 16.7. The summed E-state index contributed by atoms with van der Waals surface area (Å²) in [5.74, 6) is 1.65. The zero-order valence-corrected chi connectivity index (χ0v) is 14.4. The predicted molar refractivity (Wildman–Crippen MR) is 96.1 cm³/mol. The van der Waals surface area contributed by atoms with Crippen LogP contribution in [-0.4, -0.2) is 54.4 Å². The summed E-state index contributed by atoms with van der Waals surface area (Å²) in [6, 6.07) is 14.2. The highest BCUT2D eigenvalue weighted by Crippen LogP contribution is 2.38. The first-order chi connectivity index (χ1) is 12.3. The Morgan fingerprint density at radius 1 is 0.880 bits per heavy atom. The minimum atomic E-state index is 0.234. The number of benzene rings is 2. The van der Waals surface area contributed by atoms with Crippen LogP contribution in [0.25, 0.3) is 0 Å². The van der Waals surface area contributed by atoms with Crippen LogP contribution in [0, 0.1) is 0 Å². The third kappa shape index (κ3) is 3.89. The van der Waals surface area contributed by atoms with Gasteiger partial charge in [0.1, 0.15) is 5.75 Å². The molecule has 2 aromatic rings. The summed E-state index contributed by atoms with van der Waals surface area (Å²) in [5, 5.41) is 10.2. The first-order valence-electron chi connectivity index (χ1n) is 8.88. The van der Waals surface area contributed by atoms with Crippen molar-refractivity contribution < 1.29 is 14.6 Å². The predicted octanol–water partition coefficient (Wildman–Crippen LogP) is 2.48. The van der Waals surface area contributed by atoms with Crippen molar-refractivity contribution in [1.29, 1.82) is 0 Å². The Morgan fingerprint density at radius 3 is 2.32 bits per heavy atom. The van der Waals surface area contributed by atoms with Gasteiger partial charge in [-0.25, -0.2) is 0 Å². The lowest BCUT2D eigenvalue weighted by Crippen LogP contribution is -2.46. The van der Waals surface area contributed by atoms with E-state index in [9.17, 15) is 5.11 Å². The van der Waals surface area contributed by atoms with Crippen LogP contribution in [0.4, 0.5) is 0 Å². The Balaban J connectivity index is 1.28. The lowest BCUT2D eigenvalue weighted by molar-refractivity contribution is 0.127. The fraction of sp³-hybridized carbons (Fsp3) is 0.400. The van der Waals surface area contributed by atoms with E-state index in [2.05, 4.69) is 40.1 Å². The van der Waals surface area contributed by atoms with Crippen molar-refractivity contribution in [2.45, 2.75) is 13.0 Å². The average molecular weight is 340 g/mol. The highest BCUT2D eigenvalue weighted by molar-refractivity contribution is 5.51. The minimum Gasteiger partial charge on any atom is -0.507 e. The van der Waals surface area contributed by atoms with Gasteiger partial charge in [0.2, 0.25) is 6.79 Å². The molecule has 2 aliphatic heterocycles. The number of nitrogens with zero attached hydrogens (tertiary/aromatic N) is 2. The summed E-state index contributed by atoms with van der Waals surface area (Å²) in [4.78, 5) is 4.90. The largest absolute Gasteiger partial charge is 0.507 e. The van der Waals surface area contributed by atoms with Crippen molar-refractivity contribution in [3.05, 3.63) is 53.6 Å². The summed E-state index contributed by atoms with van der Waals surface area (Å²) in [6.45, 7) is 6.25. The fourth-order valence-corrected chi connectivity index (χ4v) is 3.44. The molecule has 2 aliphatic rings. The Morgan fingerprint density at radius 2 is 1.56 bits per heavy atom. The van der Waals surface area contributed by atoms with Gasteiger partial charge < -0.3 is 19.5 Å².